The molecule has 0 aliphatic carbocycles. The molecule has 1 unspecified atom stereocenters. The van der Waals surface area contributed by atoms with Crippen molar-refractivity contribution in [1.82, 2.24) is 14.5 Å². The van der Waals surface area contributed by atoms with Gasteiger partial charge >= 0.3 is 0 Å². The van der Waals surface area contributed by atoms with Crippen molar-refractivity contribution < 1.29 is 9.53 Å². The molecule has 1 amide bonds. The van der Waals surface area contributed by atoms with E-state index in [1.807, 2.05) is 15.7 Å². The summed E-state index contributed by atoms with van der Waals surface area (Å²) in [6.07, 6.45) is 5.81. The van der Waals surface area contributed by atoms with Crippen molar-refractivity contribution in [3.8, 4) is 0 Å². The van der Waals surface area contributed by atoms with Gasteiger partial charge in [0.05, 0.1) is 18.6 Å². The van der Waals surface area contributed by atoms with Crippen LogP contribution in [0, 0.1) is 11.8 Å². The maximum Gasteiger partial charge on any atom is 0.246 e. The van der Waals surface area contributed by atoms with Gasteiger partial charge in [-0.15, -0.1) is 0 Å². The van der Waals surface area contributed by atoms with Gasteiger partial charge in [-0.3, -0.25) is 4.79 Å². The lowest BCUT2D eigenvalue weighted by Crippen LogP contribution is -2.46. The van der Waals surface area contributed by atoms with Gasteiger partial charge in [0.2, 0.25) is 5.91 Å². The van der Waals surface area contributed by atoms with Crippen LogP contribution in [-0.2, 0) is 16.1 Å². The van der Waals surface area contributed by atoms with Crippen LogP contribution in [0.25, 0.3) is 0 Å². The Morgan fingerprint density at radius 2 is 2.15 bits per heavy atom. The average molecular weight is 277 g/mol. The highest BCUT2D eigenvalue weighted by Crippen LogP contribution is 2.29. The molecule has 5 heteroatoms. The van der Waals surface area contributed by atoms with Crippen molar-refractivity contribution in [1.29, 1.82) is 0 Å². The Hall–Kier alpha value is -1.36. The van der Waals surface area contributed by atoms with E-state index in [0.717, 1.165) is 38.3 Å². The fraction of sp³-hybridized carbons (Fsp3) is 0.733. The molecule has 0 aromatic carbocycles. The van der Waals surface area contributed by atoms with E-state index in [9.17, 15) is 4.79 Å². The minimum atomic E-state index is -0.0962. The lowest BCUT2D eigenvalue weighted by atomic mass is 9.96. The van der Waals surface area contributed by atoms with Gasteiger partial charge in [-0.2, -0.15) is 0 Å². The van der Waals surface area contributed by atoms with Crippen molar-refractivity contribution in [2.75, 3.05) is 19.8 Å². The van der Waals surface area contributed by atoms with E-state index in [2.05, 4.69) is 18.8 Å². The molecule has 2 aliphatic rings. The van der Waals surface area contributed by atoms with Crippen LogP contribution >= 0.6 is 0 Å². The number of imidazole rings is 1. The molecule has 1 aromatic heterocycles. The Bertz CT molecular complexity index is 477. The molecule has 2 aliphatic heterocycles. The third-order valence-corrected chi connectivity index (χ3v) is 4.41. The number of ether oxygens (including phenoxy) is 1. The molecule has 0 saturated carbocycles. The van der Waals surface area contributed by atoms with Crippen molar-refractivity contribution in [3.63, 3.8) is 0 Å². The number of nitrogens with zero attached hydrogens (tertiary/aromatic N) is 3. The minimum Gasteiger partial charge on any atom is -0.381 e. The SMILES string of the molecule is CC(C)C1C(=O)N(CC2CCOCC2)Cc2cncn21. The van der Waals surface area contributed by atoms with E-state index in [-0.39, 0.29) is 17.9 Å². The Morgan fingerprint density at radius 3 is 2.85 bits per heavy atom. The van der Waals surface area contributed by atoms with E-state index < -0.39 is 0 Å². The highest BCUT2D eigenvalue weighted by molar-refractivity contribution is 5.81. The molecular formula is C15H23N3O2. The molecule has 0 radical (unpaired) electrons. The Balaban J connectivity index is 1.78. The third-order valence-electron chi connectivity index (χ3n) is 4.41. The van der Waals surface area contributed by atoms with Crippen LogP contribution in [-0.4, -0.2) is 40.1 Å². The fourth-order valence-electron chi connectivity index (χ4n) is 3.29. The second kappa shape index (κ2) is 5.56. The Morgan fingerprint density at radius 1 is 1.40 bits per heavy atom. The number of carbonyl (C=O) groups excluding carboxylic acids is 1. The highest BCUT2D eigenvalue weighted by atomic mass is 16.5. The lowest BCUT2D eigenvalue weighted by Gasteiger charge is -2.38. The number of hydrogen-bond acceptors (Lipinski definition) is 3. The van der Waals surface area contributed by atoms with E-state index in [1.165, 1.54) is 0 Å². The van der Waals surface area contributed by atoms with E-state index >= 15 is 0 Å². The fourth-order valence-corrected chi connectivity index (χ4v) is 3.29. The molecule has 20 heavy (non-hydrogen) atoms. The van der Waals surface area contributed by atoms with E-state index in [4.69, 9.17) is 4.74 Å². The minimum absolute atomic E-state index is 0.0962. The standard InChI is InChI=1S/C15H23N3O2/c1-11(2)14-15(19)17(8-12-3-5-20-6-4-12)9-13-7-16-10-18(13)14/h7,10-12,14H,3-6,8-9H2,1-2H3. The van der Waals surface area contributed by atoms with Crippen LogP contribution in [0.5, 0.6) is 0 Å². The first-order chi connectivity index (χ1) is 9.66. The molecule has 5 nitrogen and oxygen atoms in total. The average Bonchev–Trinajstić information content (AvgIpc) is 2.87. The first-order valence-corrected chi connectivity index (χ1v) is 7.54. The quantitative estimate of drug-likeness (QED) is 0.847. The molecule has 1 fully saturated rings. The molecular weight excluding hydrogens is 254 g/mol. The predicted octanol–water partition coefficient (Wildman–Crippen LogP) is 1.85. The summed E-state index contributed by atoms with van der Waals surface area (Å²) in [5.74, 6) is 1.11. The van der Waals surface area contributed by atoms with Gasteiger partial charge in [0, 0.05) is 26.0 Å². The second-order valence-corrected chi connectivity index (χ2v) is 6.26. The maximum atomic E-state index is 12.7. The summed E-state index contributed by atoms with van der Waals surface area (Å²) in [4.78, 5) is 19.0. The summed E-state index contributed by atoms with van der Waals surface area (Å²) in [7, 11) is 0. The van der Waals surface area contributed by atoms with E-state index in [0.29, 0.717) is 12.5 Å². The first kappa shape index (κ1) is 13.6. The molecule has 0 spiro atoms. The van der Waals surface area contributed by atoms with Crippen LogP contribution in [0.15, 0.2) is 12.5 Å². The lowest BCUT2D eigenvalue weighted by molar-refractivity contribution is -0.140. The van der Waals surface area contributed by atoms with Gasteiger partial charge in [-0.05, 0) is 24.7 Å². The van der Waals surface area contributed by atoms with Gasteiger partial charge in [-0.25, -0.2) is 4.98 Å². The number of hydrogen-bond donors (Lipinski definition) is 0. The maximum absolute atomic E-state index is 12.7. The zero-order valence-electron chi connectivity index (χ0n) is 12.3. The summed E-state index contributed by atoms with van der Waals surface area (Å²) in [6.45, 7) is 7.42. The van der Waals surface area contributed by atoms with Gasteiger partial charge in [0.1, 0.15) is 6.04 Å². The van der Waals surface area contributed by atoms with Crippen LogP contribution in [0.2, 0.25) is 0 Å². The summed E-state index contributed by atoms with van der Waals surface area (Å²) < 4.78 is 7.45. The Kier molecular flexibility index (Phi) is 3.78. The first-order valence-electron chi connectivity index (χ1n) is 7.54. The van der Waals surface area contributed by atoms with Crippen LogP contribution in [0.4, 0.5) is 0 Å². The molecule has 1 saturated heterocycles. The second-order valence-electron chi connectivity index (χ2n) is 6.26. The van der Waals surface area contributed by atoms with Crippen molar-refractivity contribution in [3.05, 3.63) is 18.2 Å². The molecule has 1 aromatic rings. The summed E-state index contributed by atoms with van der Waals surface area (Å²) >= 11 is 0. The molecule has 0 bridgehead atoms. The number of amides is 1. The Labute approximate surface area is 119 Å². The van der Waals surface area contributed by atoms with Gasteiger partial charge in [0.15, 0.2) is 0 Å². The van der Waals surface area contributed by atoms with Gasteiger partial charge in [-0.1, -0.05) is 13.8 Å². The molecule has 1 atom stereocenters. The van der Waals surface area contributed by atoms with Crippen LogP contribution in [0.1, 0.15) is 38.4 Å². The molecule has 3 heterocycles. The predicted molar refractivity (Wildman–Crippen MR) is 75.1 cm³/mol. The van der Waals surface area contributed by atoms with Gasteiger partial charge in [0.25, 0.3) is 0 Å². The topological polar surface area (TPSA) is 47.4 Å². The summed E-state index contributed by atoms with van der Waals surface area (Å²) in [5.41, 5.74) is 1.15. The zero-order valence-corrected chi connectivity index (χ0v) is 12.3. The normalized spacial score (nSPS) is 24.2. The summed E-state index contributed by atoms with van der Waals surface area (Å²) in [5, 5.41) is 0. The highest BCUT2D eigenvalue weighted by Gasteiger charge is 2.35. The van der Waals surface area contributed by atoms with Crippen molar-refractivity contribution in [2.24, 2.45) is 11.8 Å². The smallest absolute Gasteiger partial charge is 0.246 e. The zero-order chi connectivity index (χ0) is 14.1. The van der Waals surface area contributed by atoms with Crippen LogP contribution < -0.4 is 0 Å². The van der Waals surface area contributed by atoms with Crippen LogP contribution in [0.3, 0.4) is 0 Å². The van der Waals surface area contributed by atoms with E-state index in [1.54, 1.807) is 6.33 Å². The third kappa shape index (κ3) is 2.46. The van der Waals surface area contributed by atoms with Gasteiger partial charge < -0.3 is 14.2 Å². The molecule has 110 valence electrons. The number of rotatable bonds is 3. The number of aromatic nitrogens is 2. The molecule has 3 rings (SSSR count). The largest absolute Gasteiger partial charge is 0.381 e. The monoisotopic (exact) mass is 277 g/mol. The summed E-state index contributed by atoms with van der Waals surface area (Å²) in [6, 6.07) is -0.0962. The van der Waals surface area contributed by atoms with Crippen molar-refractivity contribution in [2.45, 2.75) is 39.3 Å². The number of fused-ring (bicyclic) bond motifs is 1. The number of carbonyl (C=O) groups is 1. The van der Waals surface area contributed by atoms with Crippen molar-refractivity contribution >= 4 is 5.91 Å². The molecule has 0 N–H and O–H groups in total.